The highest BCUT2D eigenvalue weighted by atomic mass is 32.2. The molecule has 1 aliphatic rings. The summed E-state index contributed by atoms with van der Waals surface area (Å²) in [6.07, 6.45) is 1.77. The van der Waals surface area contributed by atoms with Crippen LogP contribution in [0.4, 0.5) is 11.4 Å². The third kappa shape index (κ3) is 1.50. The average Bonchev–Trinajstić information content (AvgIpc) is 2.47. The maximum Gasteiger partial charge on any atom is 0.0892 e. The summed E-state index contributed by atoms with van der Waals surface area (Å²) in [5.74, 6) is 0. The molecule has 0 spiro atoms. The van der Waals surface area contributed by atoms with Gasteiger partial charge in [0.2, 0.25) is 0 Å². The highest BCUT2D eigenvalue weighted by molar-refractivity contribution is 7.85. The first-order valence-electron chi connectivity index (χ1n) is 6.00. The minimum absolute atomic E-state index is 0.819. The van der Waals surface area contributed by atoms with Crippen molar-refractivity contribution in [1.82, 2.24) is 4.98 Å². The zero-order valence-corrected chi connectivity index (χ0v) is 10.8. The molecule has 92 valence electrons. The lowest BCUT2D eigenvalue weighted by Crippen LogP contribution is -2.08. The lowest BCUT2D eigenvalue weighted by Gasteiger charge is -2.21. The number of anilines is 2. The van der Waals surface area contributed by atoms with Gasteiger partial charge in [-0.3, -0.25) is 4.98 Å². The number of aromatic nitrogens is 1. The van der Waals surface area contributed by atoms with E-state index in [1.807, 2.05) is 48.5 Å². The summed E-state index contributed by atoms with van der Waals surface area (Å²) < 4.78 is 12.6. The van der Waals surface area contributed by atoms with Crippen molar-refractivity contribution >= 4 is 33.1 Å². The van der Waals surface area contributed by atoms with Crippen LogP contribution in [0.1, 0.15) is 0 Å². The fraction of sp³-hybridized carbons (Fsp3) is 0. The Morgan fingerprint density at radius 2 is 1.84 bits per heavy atom. The van der Waals surface area contributed by atoms with Crippen LogP contribution in [-0.2, 0) is 10.8 Å². The van der Waals surface area contributed by atoms with Crippen LogP contribution in [0.15, 0.2) is 64.5 Å². The van der Waals surface area contributed by atoms with Crippen molar-refractivity contribution in [3.05, 3.63) is 54.7 Å². The van der Waals surface area contributed by atoms with Crippen LogP contribution < -0.4 is 5.32 Å². The van der Waals surface area contributed by atoms with Crippen molar-refractivity contribution in [2.24, 2.45) is 0 Å². The molecule has 3 nitrogen and oxygen atoms in total. The first-order chi connectivity index (χ1) is 9.34. The highest BCUT2D eigenvalue weighted by Crippen LogP contribution is 2.40. The molecule has 3 aromatic rings. The summed E-state index contributed by atoms with van der Waals surface area (Å²) in [5, 5.41) is 4.38. The Labute approximate surface area is 112 Å². The lowest BCUT2D eigenvalue weighted by molar-refractivity contribution is 0.683. The second kappa shape index (κ2) is 3.90. The van der Waals surface area contributed by atoms with E-state index in [1.165, 1.54) is 0 Å². The van der Waals surface area contributed by atoms with Crippen molar-refractivity contribution in [2.75, 3.05) is 5.32 Å². The zero-order chi connectivity index (χ0) is 12.8. The van der Waals surface area contributed by atoms with E-state index >= 15 is 0 Å². The molecule has 0 radical (unpaired) electrons. The van der Waals surface area contributed by atoms with Gasteiger partial charge in [-0.25, -0.2) is 4.21 Å². The minimum atomic E-state index is -1.14. The Hall–Kier alpha value is -2.20. The Morgan fingerprint density at radius 3 is 2.79 bits per heavy atom. The van der Waals surface area contributed by atoms with Crippen molar-refractivity contribution in [1.29, 1.82) is 0 Å². The van der Waals surface area contributed by atoms with Crippen LogP contribution in [0.5, 0.6) is 0 Å². The second-order valence-corrected chi connectivity index (χ2v) is 5.82. The molecule has 0 aliphatic carbocycles. The predicted molar refractivity (Wildman–Crippen MR) is 76.1 cm³/mol. The van der Waals surface area contributed by atoms with E-state index in [-0.39, 0.29) is 0 Å². The van der Waals surface area contributed by atoms with E-state index in [2.05, 4.69) is 10.3 Å². The third-order valence-corrected chi connectivity index (χ3v) is 4.79. The summed E-state index contributed by atoms with van der Waals surface area (Å²) in [7, 11) is -1.14. The van der Waals surface area contributed by atoms with E-state index in [0.717, 1.165) is 32.1 Å². The van der Waals surface area contributed by atoms with Crippen LogP contribution in [0.3, 0.4) is 0 Å². The van der Waals surface area contributed by atoms with E-state index in [4.69, 9.17) is 0 Å². The molecule has 0 amide bonds. The van der Waals surface area contributed by atoms with Crippen LogP contribution in [0.25, 0.3) is 10.9 Å². The highest BCUT2D eigenvalue weighted by Gasteiger charge is 2.23. The summed E-state index contributed by atoms with van der Waals surface area (Å²) in [6, 6.07) is 15.4. The van der Waals surface area contributed by atoms with Crippen LogP contribution >= 0.6 is 0 Å². The Kier molecular flexibility index (Phi) is 2.19. The van der Waals surface area contributed by atoms with Crippen molar-refractivity contribution in [3.8, 4) is 0 Å². The van der Waals surface area contributed by atoms with Gasteiger partial charge in [-0.1, -0.05) is 12.1 Å². The Balaban J connectivity index is 2.05. The third-order valence-electron chi connectivity index (χ3n) is 3.29. The van der Waals surface area contributed by atoms with E-state index < -0.39 is 10.8 Å². The SMILES string of the molecule is O=S1c2ccccc2Nc2c1ccc1ncccc21. The maximum atomic E-state index is 12.6. The first kappa shape index (κ1) is 10.7. The van der Waals surface area contributed by atoms with Gasteiger partial charge >= 0.3 is 0 Å². The Morgan fingerprint density at radius 1 is 0.947 bits per heavy atom. The fourth-order valence-corrected chi connectivity index (χ4v) is 3.70. The molecule has 2 aromatic carbocycles. The lowest BCUT2D eigenvalue weighted by atomic mass is 10.1. The molecule has 1 atom stereocenters. The molecule has 0 fully saturated rings. The maximum absolute atomic E-state index is 12.6. The molecule has 1 unspecified atom stereocenters. The second-order valence-electron chi connectivity index (χ2n) is 4.40. The standard InChI is InChI=1S/C15H10N2OS/c18-19-13-6-2-1-5-12(13)17-15-10-4-3-9-16-11(10)7-8-14(15)19/h1-9,17H. The summed E-state index contributed by atoms with van der Waals surface area (Å²) in [5.41, 5.74) is 2.72. The average molecular weight is 266 g/mol. The molecule has 4 rings (SSSR count). The number of rotatable bonds is 0. The molecule has 0 saturated carbocycles. The van der Waals surface area contributed by atoms with E-state index in [9.17, 15) is 4.21 Å². The fourth-order valence-electron chi connectivity index (χ4n) is 2.40. The number of pyridine rings is 1. The number of nitrogens with zero attached hydrogens (tertiary/aromatic N) is 1. The first-order valence-corrected chi connectivity index (χ1v) is 7.15. The topological polar surface area (TPSA) is 42.0 Å². The van der Waals surface area contributed by atoms with Crippen molar-refractivity contribution in [2.45, 2.75) is 9.79 Å². The van der Waals surface area contributed by atoms with Gasteiger partial charge in [-0.2, -0.15) is 0 Å². The number of hydrogen-bond donors (Lipinski definition) is 1. The molecular weight excluding hydrogens is 256 g/mol. The molecule has 1 N–H and O–H groups in total. The number of para-hydroxylation sites is 1. The molecule has 0 bridgehead atoms. The number of nitrogens with one attached hydrogen (secondary N) is 1. The summed E-state index contributed by atoms with van der Waals surface area (Å²) >= 11 is 0. The monoisotopic (exact) mass is 266 g/mol. The molecule has 1 aliphatic heterocycles. The molecule has 4 heteroatoms. The van der Waals surface area contributed by atoms with Gasteiger partial charge in [-0.05, 0) is 36.4 Å². The van der Waals surface area contributed by atoms with Gasteiger partial charge in [0.15, 0.2) is 0 Å². The minimum Gasteiger partial charge on any atom is -0.353 e. The molecule has 1 aromatic heterocycles. The van der Waals surface area contributed by atoms with E-state index in [1.54, 1.807) is 6.20 Å². The van der Waals surface area contributed by atoms with Crippen molar-refractivity contribution < 1.29 is 4.21 Å². The number of hydrogen-bond acceptors (Lipinski definition) is 3. The normalized spacial score (nSPS) is 16.5. The van der Waals surface area contributed by atoms with Gasteiger partial charge < -0.3 is 5.32 Å². The van der Waals surface area contributed by atoms with Gasteiger partial charge in [0, 0.05) is 11.6 Å². The number of benzene rings is 2. The summed E-state index contributed by atoms with van der Waals surface area (Å²) in [6.45, 7) is 0. The van der Waals surface area contributed by atoms with Crippen molar-refractivity contribution in [3.63, 3.8) is 0 Å². The Bertz CT molecular complexity index is 829. The van der Waals surface area contributed by atoms with Gasteiger partial charge in [-0.15, -0.1) is 0 Å². The molecule has 0 saturated heterocycles. The van der Waals surface area contributed by atoms with Gasteiger partial charge in [0.25, 0.3) is 0 Å². The van der Waals surface area contributed by atoms with E-state index in [0.29, 0.717) is 0 Å². The molecule has 19 heavy (non-hydrogen) atoms. The smallest absolute Gasteiger partial charge is 0.0892 e. The summed E-state index contributed by atoms with van der Waals surface area (Å²) in [4.78, 5) is 5.98. The van der Waals surface area contributed by atoms with Gasteiger partial charge in [0.05, 0.1) is 37.5 Å². The predicted octanol–water partition coefficient (Wildman–Crippen LogP) is 3.46. The molecule has 2 heterocycles. The quantitative estimate of drug-likeness (QED) is 0.530. The van der Waals surface area contributed by atoms with Crippen LogP contribution in [-0.4, -0.2) is 9.19 Å². The van der Waals surface area contributed by atoms with Gasteiger partial charge in [0.1, 0.15) is 0 Å². The van der Waals surface area contributed by atoms with Crippen LogP contribution in [0.2, 0.25) is 0 Å². The largest absolute Gasteiger partial charge is 0.353 e. The van der Waals surface area contributed by atoms with Crippen LogP contribution in [0, 0.1) is 0 Å². The zero-order valence-electron chi connectivity index (χ0n) is 9.96. The molecular formula is C15H10N2OS. The number of fused-ring (bicyclic) bond motifs is 4.